The predicted octanol–water partition coefficient (Wildman–Crippen LogP) is 4.43. The predicted molar refractivity (Wildman–Crippen MR) is 131 cm³/mol. The van der Waals surface area contributed by atoms with Crippen molar-refractivity contribution in [3.05, 3.63) is 69.4 Å². The van der Waals surface area contributed by atoms with E-state index >= 15 is 0 Å². The lowest BCUT2D eigenvalue weighted by Gasteiger charge is -2.32. The van der Waals surface area contributed by atoms with Crippen LogP contribution in [0.3, 0.4) is 0 Å². The SMILES string of the molecule is CN1CCN(c2ncc(Sc3ccc(C#N)c(I)c3)c(OCc3ccccc3)n2)CC1. The van der Waals surface area contributed by atoms with Gasteiger partial charge in [0.15, 0.2) is 0 Å². The molecule has 31 heavy (non-hydrogen) atoms. The highest BCUT2D eigenvalue weighted by molar-refractivity contribution is 14.1. The summed E-state index contributed by atoms with van der Waals surface area (Å²) in [7, 11) is 2.13. The van der Waals surface area contributed by atoms with Crippen molar-refractivity contribution in [2.24, 2.45) is 0 Å². The fourth-order valence-corrected chi connectivity index (χ4v) is 4.89. The molecule has 2 heterocycles. The van der Waals surface area contributed by atoms with Crippen molar-refractivity contribution in [2.75, 3.05) is 38.1 Å². The van der Waals surface area contributed by atoms with E-state index in [2.05, 4.69) is 50.5 Å². The molecule has 8 heteroatoms. The number of rotatable bonds is 6. The first kappa shape index (κ1) is 21.9. The second-order valence-electron chi connectivity index (χ2n) is 7.26. The molecule has 0 atom stereocenters. The summed E-state index contributed by atoms with van der Waals surface area (Å²) in [6, 6.07) is 18.1. The molecule has 0 spiro atoms. The van der Waals surface area contributed by atoms with Gasteiger partial charge < -0.3 is 14.5 Å². The first-order valence-electron chi connectivity index (χ1n) is 9.97. The van der Waals surface area contributed by atoms with E-state index in [1.54, 1.807) is 11.8 Å². The quantitative estimate of drug-likeness (QED) is 0.426. The van der Waals surface area contributed by atoms with Gasteiger partial charge in [-0.1, -0.05) is 42.1 Å². The molecule has 0 aliphatic carbocycles. The van der Waals surface area contributed by atoms with Crippen LogP contribution >= 0.6 is 34.4 Å². The van der Waals surface area contributed by atoms with Crippen LogP contribution < -0.4 is 9.64 Å². The molecule has 0 N–H and O–H groups in total. The fourth-order valence-electron chi connectivity index (χ4n) is 3.18. The molecule has 2 aromatic carbocycles. The molecular formula is C23H22IN5OS. The third-order valence-electron chi connectivity index (χ3n) is 5.00. The Bertz CT molecular complexity index is 1080. The third kappa shape index (κ3) is 5.67. The van der Waals surface area contributed by atoms with Crippen molar-refractivity contribution in [1.82, 2.24) is 14.9 Å². The van der Waals surface area contributed by atoms with Crippen LogP contribution in [0.15, 0.2) is 64.5 Å². The Kier molecular flexibility index (Phi) is 7.27. The van der Waals surface area contributed by atoms with E-state index in [0.29, 0.717) is 24.0 Å². The first-order chi connectivity index (χ1) is 15.1. The van der Waals surface area contributed by atoms with E-state index < -0.39 is 0 Å². The number of ether oxygens (including phenoxy) is 1. The number of nitrogens with zero attached hydrogens (tertiary/aromatic N) is 5. The second-order valence-corrected chi connectivity index (χ2v) is 9.54. The maximum Gasteiger partial charge on any atom is 0.232 e. The van der Waals surface area contributed by atoms with Gasteiger partial charge in [0.2, 0.25) is 11.8 Å². The highest BCUT2D eigenvalue weighted by Gasteiger charge is 2.19. The monoisotopic (exact) mass is 543 g/mol. The van der Waals surface area contributed by atoms with Gasteiger partial charge in [-0.15, -0.1) is 0 Å². The summed E-state index contributed by atoms with van der Waals surface area (Å²) in [6.45, 7) is 4.22. The van der Waals surface area contributed by atoms with Gasteiger partial charge in [-0.25, -0.2) is 4.98 Å². The Labute approximate surface area is 200 Å². The van der Waals surface area contributed by atoms with Crippen LogP contribution in [-0.4, -0.2) is 48.1 Å². The largest absolute Gasteiger partial charge is 0.472 e. The summed E-state index contributed by atoms with van der Waals surface area (Å²) >= 11 is 3.74. The van der Waals surface area contributed by atoms with Crippen molar-refractivity contribution in [3.63, 3.8) is 0 Å². The van der Waals surface area contributed by atoms with E-state index in [0.717, 1.165) is 45.1 Å². The Morgan fingerprint density at radius 2 is 1.90 bits per heavy atom. The molecule has 0 bridgehead atoms. The number of aromatic nitrogens is 2. The highest BCUT2D eigenvalue weighted by atomic mass is 127. The molecule has 3 aromatic rings. The van der Waals surface area contributed by atoms with E-state index in [1.807, 2.05) is 54.7 Å². The average molecular weight is 543 g/mol. The lowest BCUT2D eigenvalue weighted by Crippen LogP contribution is -2.45. The maximum absolute atomic E-state index is 9.18. The minimum atomic E-state index is 0.443. The van der Waals surface area contributed by atoms with Crippen LogP contribution in [0.25, 0.3) is 0 Å². The van der Waals surface area contributed by atoms with Gasteiger partial charge in [-0.05, 0) is 53.4 Å². The van der Waals surface area contributed by atoms with E-state index in [9.17, 15) is 5.26 Å². The smallest absolute Gasteiger partial charge is 0.232 e. The molecular weight excluding hydrogens is 521 g/mol. The number of benzene rings is 2. The van der Waals surface area contributed by atoms with Crippen LogP contribution in [-0.2, 0) is 6.61 Å². The topological polar surface area (TPSA) is 65.3 Å². The minimum Gasteiger partial charge on any atom is -0.472 e. The molecule has 1 saturated heterocycles. The molecule has 0 radical (unpaired) electrons. The van der Waals surface area contributed by atoms with E-state index in [-0.39, 0.29) is 0 Å². The molecule has 1 aliphatic rings. The molecule has 1 aliphatic heterocycles. The molecule has 1 fully saturated rings. The Hall–Kier alpha value is -2.35. The summed E-state index contributed by atoms with van der Waals surface area (Å²) in [5.74, 6) is 1.28. The second kappa shape index (κ2) is 10.3. The minimum absolute atomic E-state index is 0.443. The number of hydrogen-bond donors (Lipinski definition) is 0. The number of likely N-dealkylation sites (N-methyl/N-ethyl adjacent to an activating group) is 1. The number of hydrogen-bond acceptors (Lipinski definition) is 7. The number of nitriles is 1. The standard InChI is InChI=1S/C23H22IN5OS/c1-28-9-11-29(12-10-28)23-26-15-21(31-19-8-7-18(14-25)20(24)13-19)22(27-23)30-16-17-5-3-2-4-6-17/h2-8,13,15H,9-12,16H2,1H3. The molecule has 6 nitrogen and oxygen atoms in total. The van der Waals surface area contributed by atoms with Gasteiger partial charge in [-0.2, -0.15) is 10.2 Å². The third-order valence-corrected chi connectivity index (χ3v) is 6.88. The van der Waals surface area contributed by atoms with E-state index in [4.69, 9.17) is 9.72 Å². The Balaban J connectivity index is 1.59. The highest BCUT2D eigenvalue weighted by Crippen LogP contribution is 2.35. The number of halogens is 1. The van der Waals surface area contributed by atoms with Crippen molar-refractivity contribution < 1.29 is 4.74 Å². The van der Waals surface area contributed by atoms with Crippen molar-refractivity contribution in [3.8, 4) is 11.9 Å². The zero-order valence-corrected chi connectivity index (χ0v) is 20.1. The van der Waals surface area contributed by atoms with Crippen LogP contribution in [0, 0.1) is 14.9 Å². The van der Waals surface area contributed by atoms with E-state index in [1.165, 1.54) is 0 Å². The lowest BCUT2D eigenvalue weighted by atomic mass is 10.2. The summed E-state index contributed by atoms with van der Waals surface area (Å²) in [4.78, 5) is 15.8. The van der Waals surface area contributed by atoms with Gasteiger partial charge in [0.1, 0.15) is 12.7 Å². The zero-order valence-electron chi connectivity index (χ0n) is 17.2. The van der Waals surface area contributed by atoms with Crippen LogP contribution in [0.5, 0.6) is 5.88 Å². The van der Waals surface area contributed by atoms with Gasteiger partial charge in [0.05, 0.1) is 16.7 Å². The first-order valence-corrected chi connectivity index (χ1v) is 11.9. The van der Waals surface area contributed by atoms with Crippen molar-refractivity contribution in [2.45, 2.75) is 16.4 Å². The molecule has 4 rings (SSSR count). The zero-order chi connectivity index (χ0) is 21.6. The lowest BCUT2D eigenvalue weighted by molar-refractivity contribution is 0.283. The molecule has 158 valence electrons. The van der Waals surface area contributed by atoms with Gasteiger partial charge in [-0.3, -0.25) is 0 Å². The van der Waals surface area contributed by atoms with Gasteiger partial charge in [0.25, 0.3) is 0 Å². The average Bonchev–Trinajstić information content (AvgIpc) is 2.80. The van der Waals surface area contributed by atoms with Crippen molar-refractivity contribution in [1.29, 1.82) is 5.26 Å². The maximum atomic E-state index is 9.18. The molecule has 1 aromatic heterocycles. The summed E-state index contributed by atoms with van der Waals surface area (Å²) < 4.78 is 7.08. The number of anilines is 1. The Morgan fingerprint density at radius 1 is 1.13 bits per heavy atom. The van der Waals surface area contributed by atoms with Gasteiger partial charge >= 0.3 is 0 Å². The Morgan fingerprint density at radius 3 is 2.61 bits per heavy atom. The van der Waals surface area contributed by atoms with Crippen LogP contribution in [0.2, 0.25) is 0 Å². The molecule has 0 saturated carbocycles. The summed E-state index contributed by atoms with van der Waals surface area (Å²) in [6.07, 6.45) is 1.84. The summed E-state index contributed by atoms with van der Waals surface area (Å²) in [5.41, 5.74) is 1.76. The fraction of sp³-hybridized carbons (Fsp3) is 0.261. The van der Waals surface area contributed by atoms with Gasteiger partial charge in [0, 0.05) is 34.6 Å². The number of piperazine rings is 1. The van der Waals surface area contributed by atoms with Crippen LogP contribution in [0.4, 0.5) is 5.95 Å². The molecule has 0 amide bonds. The summed E-state index contributed by atoms with van der Waals surface area (Å²) in [5, 5.41) is 9.18. The van der Waals surface area contributed by atoms with Crippen molar-refractivity contribution >= 4 is 40.3 Å². The van der Waals surface area contributed by atoms with Crippen LogP contribution in [0.1, 0.15) is 11.1 Å². The molecule has 0 unspecified atom stereocenters. The normalized spacial score (nSPS) is 14.3.